The van der Waals surface area contributed by atoms with Gasteiger partial charge in [0.05, 0.1) is 4.90 Å². The van der Waals surface area contributed by atoms with Crippen molar-refractivity contribution in [3.05, 3.63) is 29.8 Å². The summed E-state index contributed by atoms with van der Waals surface area (Å²) in [7, 11) is -0.159. The molecule has 1 aromatic rings. The van der Waals surface area contributed by atoms with E-state index in [-0.39, 0.29) is 0 Å². The predicted octanol–water partition coefficient (Wildman–Crippen LogP) is 2.30. The summed E-state index contributed by atoms with van der Waals surface area (Å²) < 4.78 is 30.9. The number of methoxy groups -OCH3 is 1. The third-order valence-corrected chi connectivity index (χ3v) is 4.86. The molecule has 0 radical (unpaired) electrons. The number of nitrogens with zero attached hydrogens (tertiary/aromatic N) is 1. The molecule has 0 N–H and O–H groups in total. The number of benzene rings is 1. The molecule has 19 heavy (non-hydrogen) atoms. The van der Waals surface area contributed by atoms with Crippen LogP contribution in [0, 0.1) is 0 Å². The lowest BCUT2D eigenvalue weighted by atomic mass is 10.1. The summed E-state index contributed by atoms with van der Waals surface area (Å²) >= 11 is 0. The summed E-state index contributed by atoms with van der Waals surface area (Å²) in [6.07, 6.45) is 2.73. The van der Waals surface area contributed by atoms with Gasteiger partial charge in [-0.15, -0.1) is 0 Å². The number of rotatable bonds is 8. The number of sulfonamides is 1. The molecule has 1 rings (SSSR count). The van der Waals surface area contributed by atoms with Crippen molar-refractivity contribution in [2.45, 2.75) is 31.1 Å². The van der Waals surface area contributed by atoms with Gasteiger partial charge in [-0.25, -0.2) is 12.7 Å². The van der Waals surface area contributed by atoms with Crippen LogP contribution >= 0.6 is 0 Å². The fourth-order valence-electron chi connectivity index (χ4n) is 1.85. The van der Waals surface area contributed by atoms with Gasteiger partial charge < -0.3 is 4.74 Å². The van der Waals surface area contributed by atoms with E-state index in [1.54, 1.807) is 26.3 Å². The fraction of sp³-hybridized carbons (Fsp3) is 0.571. The van der Waals surface area contributed by atoms with Gasteiger partial charge >= 0.3 is 0 Å². The average molecular weight is 285 g/mol. The summed E-state index contributed by atoms with van der Waals surface area (Å²) in [5.74, 6) is 0. The lowest BCUT2D eigenvalue weighted by molar-refractivity contribution is 0.189. The lowest BCUT2D eigenvalue weighted by Gasteiger charge is -2.17. The summed E-state index contributed by atoms with van der Waals surface area (Å²) in [6.45, 7) is 3.14. The molecule has 0 aliphatic heterocycles. The van der Waals surface area contributed by atoms with Crippen LogP contribution in [0.25, 0.3) is 0 Å². The van der Waals surface area contributed by atoms with Gasteiger partial charge in [0.15, 0.2) is 0 Å². The second kappa shape index (κ2) is 7.62. The number of aryl methyl sites for hydroxylation is 1. The van der Waals surface area contributed by atoms with Gasteiger partial charge in [0.1, 0.15) is 0 Å². The Bertz CT molecular complexity index is 468. The van der Waals surface area contributed by atoms with Crippen LogP contribution in [-0.2, 0) is 21.2 Å². The molecule has 0 saturated heterocycles. The Kier molecular flexibility index (Phi) is 6.48. The molecule has 4 nitrogen and oxygen atoms in total. The van der Waals surface area contributed by atoms with Gasteiger partial charge in [-0.05, 0) is 30.5 Å². The standard InChI is InChI=1S/C14H23NO3S/c1-4-6-13-7-9-14(10-8-13)19(16,17)15(2)11-5-12-18-3/h7-10H,4-6,11-12H2,1-3H3. The normalized spacial score (nSPS) is 12.0. The first kappa shape index (κ1) is 16.1. The van der Waals surface area contributed by atoms with Crippen LogP contribution in [0.4, 0.5) is 0 Å². The summed E-state index contributed by atoms with van der Waals surface area (Å²) in [5.41, 5.74) is 1.17. The van der Waals surface area contributed by atoms with Crippen molar-refractivity contribution in [2.75, 3.05) is 27.3 Å². The molecule has 0 aliphatic carbocycles. The summed E-state index contributed by atoms with van der Waals surface area (Å²) in [5, 5.41) is 0. The molecular formula is C14H23NO3S. The molecule has 0 amide bonds. The molecule has 0 spiro atoms. The lowest BCUT2D eigenvalue weighted by Crippen LogP contribution is -2.28. The highest BCUT2D eigenvalue weighted by atomic mass is 32.2. The number of hydrogen-bond donors (Lipinski definition) is 0. The van der Waals surface area contributed by atoms with Crippen LogP contribution in [0.1, 0.15) is 25.3 Å². The maximum Gasteiger partial charge on any atom is 0.242 e. The zero-order chi connectivity index (χ0) is 14.3. The first-order valence-electron chi connectivity index (χ1n) is 6.56. The van der Waals surface area contributed by atoms with Crippen molar-refractivity contribution < 1.29 is 13.2 Å². The van der Waals surface area contributed by atoms with E-state index in [1.165, 1.54) is 9.87 Å². The number of hydrogen-bond acceptors (Lipinski definition) is 3. The minimum atomic E-state index is -3.37. The average Bonchev–Trinajstić information content (AvgIpc) is 2.40. The minimum absolute atomic E-state index is 0.354. The summed E-state index contributed by atoms with van der Waals surface area (Å²) in [6, 6.07) is 7.15. The molecule has 5 heteroatoms. The fourth-order valence-corrected chi connectivity index (χ4v) is 3.06. The largest absolute Gasteiger partial charge is 0.385 e. The van der Waals surface area contributed by atoms with E-state index in [0.717, 1.165) is 12.8 Å². The topological polar surface area (TPSA) is 46.6 Å². The van der Waals surface area contributed by atoms with Crippen molar-refractivity contribution in [1.82, 2.24) is 4.31 Å². The molecule has 0 heterocycles. The second-order valence-corrected chi connectivity index (χ2v) is 6.61. The molecule has 0 atom stereocenters. The first-order chi connectivity index (χ1) is 9.02. The predicted molar refractivity (Wildman–Crippen MR) is 76.7 cm³/mol. The Morgan fingerprint density at radius 2 is 1.84 bits per heavy atom. The Morgan fingerprint density at radius 1 is 1.21 bits per heavy atom. The van der Waals surface area contributed by atoms with Crippen LogP contribution in [0.2, 0.25) is 0 Å². The highest BCUT2D eigenvalue weighted by Crippen LogP contribution is 2.16. The van der Waals surface area contributed by atoms with Crippen LogP contribution < -0.4 is 0 Å². The maximum atomic E-state index is 12.3. The minimum Gasteiger partial charge on any atom is -0.385 e. The van der Waals surface area contributed by atoms with E-state index in [1.807, 2.05) is 12.1 Å². The zero-order valence-electron chi connectivity index (χ0n) is 11.9. The Hall–Kier alpha value is -0.910. The molecule has 108 valence electrons. The van der Waals surface area contributed by atoms with E-state index >= 15 is 0 Å². The monoisotopic (exact) mass is 285 g/mol. The van der Waals surface area contributed by atoms with Crippen molar-refractivity contribution >= 4 is 10.0 Å². The highest BCUT2D eigenvalue weighted by Gasteiger charge is 2.19. The van der Waals surface area contributed by atoms with E-state index in [2.05, 4.69) is 6.92 Å². The SMILES string of the molecule is CCCc1ccc(S(=O)(=O)N(C)CCCOC)cc1. The number of ether oxygens (including phenoxy) is 1. The third-order valence-electron chi connectivity index (χ3n) is 2.99. The van der Waals surface area contributed by atoms with Gasteiger partial charge in [-0.1, -0.05) is 25.5 Å². The summed E-state index contributed by atoms with van der Waals surface area (Å²) in [4.78, 5) is 0.354. The van der Waals surface area contributed by atoms with E-state index in [9.17, 15) is 8.42 Å². The Labute approximate surface area is 116 Å². The van der Waals surface area contributed by atoms with Crippen molar-refractivity contribution in [1.29, 1.82) is 0 Å². The second-order valence-electron chi connectivity index (χ2n) is 4.57. The molecule has 0 aromatic heterocycles. The molecule has 1 aromatic carbocycles. The van der Waals surface area contributed by atoms with Crippen LogP contribution in [-0.4, -0.2) is 40.0 Å². The molecule has 0 aliphatic rings. The Morgan fingerprint density at radius 3 is 2.37 bits per heavy atom. The van der Waals surface area contributed by atoms with Crippen LogP contribution in [0.15, 0.2) is 29.2 Å². The quantitative estimate of drug-likeness (QED) is 0.689. The van der Waals surface area contributed by atoms with Gasteiger partial charge in [-0.2, -0.15) is 0 Å². The first-order valence-corrected chi connectivity index (χ1v) is 8.00. The Balaban J connectivity index is 2.75. The smallest absolute Gasteiger partial charge is 0.242 e. The van der Waals surface area contributed by atoms with E-state index in [4.69, 9.17) is 4.74 Å². The van der Waals surface area contributed by atoms with Gasteiger partial charge in [-0.3, -0.25) is 0 Å². The highest BCUT2D eigenvalue weighted by molar-refractivity contribution is 7.89. The molecule has 0 bridgehead atoms. The molecule has 0 fully saturated rings. The molecular weight excluding hydrogens is 262 g/mol. The van der Waals surface area contributed by atoms with E-state index in [0.29, 0.717) is 24.5 Å². The van der Waals surface area contributed by atoms with Gasteiger partial charge in [0.25, 0.3) is 0 Å². The van der Waals surface area contributed by atoms with Crippen molar-refractivity contribution in [3.63, 3.8) is 0 Å². The molecule has 0 unspecified atom stereocenters. The zero-order valence-corrected chi connectivity index (χ0v) is 12.7. The molecule has 0 saturated carbocycles. The maximum absolute atomic E-state index is 12.3. The van der Waals surface area contributed by atoms with E-state index < -0.39 is 10.0 Å². The van der Waals surface area contributed by atoms with Crippen LogP contribution in [0.3, 0.4) is 0 Å². The third kappa shape index (κ3) is 4.60. The van der Waals surface area contributed by atoms with Crippen LogP contribution in [0.5, 0.6) is 0 Å². The van der Waals surface area contributed by atoms with Gasteiger partial charge in [0.2, 0.25) is 10.0 Å². The van der Waals surface area contributed by atoms with Gasteiger partial charge in [0, 0.05) is 27.3 Å². The van der Waals surface area contributed by atoms with Crippen molar-refractivity contribution in [2.24, 2.45) is 0 Å². The van der Waals surface area contributed by atoms with Crippen molar-refractivity contribution in [3.8, 4) is 0 Å².